The molecule has 0 unspecified atom stereocenters. The van der Waals surface area contributed by atoms with Gasteiger partial charge in [0, 0.05) is 36.1 Å². The van der Waals surface area contributed by atoms with Gasteiger partial charge in [0.1, 0.15) is 6.04 Å². The number of nitrogens with zero attached hydrogens (tertiary/aromatic N) is 2. The second-order valence-electron chi connectivity index (χ2n) is 6.42. The molecule has 126 valence electrons. The van der Waals surface area contributed by atoms with Gasteiger partial charge in [-0.05, 0) is 38.8 Å². The van der Waals surface area contributed by atoms with Gasteiger partial charge in [-0.15, -0.1) is 0 Å². The molecule has 0 saturated carbocycles. The summed E-state index contributed by atoms with van der Waals surface area (Å²) in [5.41, 5.74) is 7.45. The van der Waals surface area contributed by atoms with Crippen LogP contribution >= 0.6 is 0 Å². The summed E-state index contributed by atoms with van der Waals surface area (Å²) in [6.07, 6.45) is 3.95. The Kier molecular flexibility index (Phi) is 5.71. The van der Waals surface area contributed by atoms with Gasteiger partial charge in [0.15, 0.2) is 0 Å². The maximum Gasteiger partial charge on any atom is 0.254 e. The monoisotopic (exact) mass is 318 g/mol. The summed E-state index contributed by atoms with van der Waals surface area (Å²) in [4.78, 5) is 31.0. The van der Waals surface area contributed by atoms with Crippen LogP contribution in [0.25, 0.3) is 0 Å². The van der Waals surface area contributed by atoms with E-state index in [0.717, 1.165) is 18.5 Å². The number of pyridine rings is 1. The molecule has 2 atom stereocenters. The SMILES string of the molecule is CCCc1cc(C(=O)N2C[C@@H](N)C[C@H]2C(=O)NC(C)C)ccn1. The van der Waals surface area contributed by atoms with Crippen LogP contribution < -0.4 is 11.1 Å². The van der Waals surface area contributed by atoms with Gasteiger partial charge in [-0.25, -0.2) is 0 Å². The third-order valence-corrected chi connectivity index (χ3v) is 3.90. The Morgan fingerprint density at radius 1 is 1.48 bits per heavy atom. The highest BCUT2D eigenvalue weighted by molar-refractivity contribution is 5.98. The summed E-state index contributed by atoms with van der Waals surface area (Å²) in [7, 11) is 0. The van der Waals surface area contributed by atoms with Crippen LogP contribution in [0.4, 0.5) is 0 Å². The first-order valence-corrected chi connectivity index (χ1v) is 8.24. The second-order valence-corrected chi connectivity index (χ2v) is 6.42. The largest absolute Gasteiger partial charge is 0.352 e. The molecule has 0 aromatic carbocycles. The van der Waals surface area contributed by atoms with Crippen LogP contribution in [-0.4, -0.2) is 46.4 Å². The lowest BCUT2D eigenvalue weighted by Gasteiger charge is -2.24. The van der Waals surface area contributed by atoms with Crippen molar-refractivity contribution in [3.05, 3.63) is 29.6 Å². The van der Waals surface area contributed by atoms with E-state index in [1.807, 2.05) is 19.9 Å². The van der Waals surface area contributed by atoms with Gasteiger partial charge in [0.2, 0.25) is 5.91 Å². The minimum atomic E-state index is -0.498. The molecule has 2 amide bonds. The van der Waals surface area contributed by atoms with Crippen LogP contribution in [0.15, 0.2) is 18.3 Å². The first-order valence-electron chi connectivity index (χ1n) is 8.24. The molecule has 1 aliphatic heterocycles. The lowest BCUT2D eigenvalue weighted by molar-refractivity contribution is -0.125. The zero-order chi connectivity index (χ0) is 17.0. The van der Waals surface area contributed by atoms with Crippen molar-refractivity contribution >= 4 is 11.8 Å². The number of hydrogen-bond donors (Lipinski definition) is 2. The Hall–Kier alpha value is -1.95. The van der Waals surface area contributed by atoms with Gasteiger partial charge in [-0.3, -0.25) is 14.6 Å². The lowest BCUT2D eigenvalue weighted by Crippen LogP contribution is -2.47. The molecule has 6 nitrogen and oxygen atoms in total. The number of carbonyl (C=O) groups is 2. The van der Waals surface area contributed by atoms with E-state index < -0.39 is 6.04 Å². The van der Waals surface area contributed by atoms with Crippen molar-refractivity contribution in [2.45, 2.75) is 58.2 Å². The van der Waals surface area contributed by atoms with E-state index in [9.17, 15) is 9.59 Å². The Labute approximate surface area is 137 Å². The fourth-order valence-corrected chi connectivity index (χ4v) is 2.89. The molecule has 23 heavy (non-hydrogen) atoms. The van der Waals surface area contributed by atoms with Crippen LogP contribution in [0.2, 0.25) is 0 Å². The number of nitrogens with one attached hydrogen (secondary N) is 1. The number of aromatic nitrogens is 1. The maximum absolute atomic E-state index is 12.8. The highest BCUT2D eigenvalue weighted by atomic mass is 16.2. The van der Waals surface area contributed by atoms with Crippen molar-refractivity contribution in [1.82, 2.24) is 15.2 Å². The molecular weight excluding hydrogens is 292 g/mol. The molecule has 1 aromatic heterocycles. The summed E-state index contributed by atoms with van der Waals surface area (Å²) in [6, 6.07) is 2.88. The second kappa shape index (κ2) is 7.55. The molecule has 1 aliphatic rings. The van der Waals surface area contributed by atoms with Gasteiger partial charge < -0.3 is 16.0 Å². The van der Waals surface area contributed by atoms with Gasteiger partial charge in [0.25, 0.3) is 5.91 Å². The maximum atomic E-state index is 12.8. The van der Waals surface area contributed by atoms with Crippen molar-refractivity contribution in [2.24, 2.45) is 5.73 Å². The predicted molar refractivity (Wildman–Crippen MR) is 88.9 cm³/mol. The number of likely N-dealkylation sites (tertiary alicyclic amines) is 1. The molecule has 2 rings (SSSR count). The molecule has 1 aromatic rings. The number of nitrogens with two attached hydrogens (primary N) is 1. The Morgan fingerprint density at radius 2 is 2.22 bits per heavy atom. The van der Waals surface area contributed by atoms with Gasteiger partial charge >= 0.3 is 0 Å². The molecule has 3 N–H and O–H groups in total. The molecule has 0 aliphatic carbocycles. The molecule has 0 bridgehead atoms. The van der Waals surface area contributed by atoms with E-state index in [-0.39, 0.29) is 23.9 Å². The fraction of sp³-hybridized carbons (Fsp3) is 0.588. The average Bonchev–Trinajstić information content (AvgIpc) is 2.88. The predicted octanol–water partition coefficient (Wildman–Crippen LogP) is 1.10. The fourth-order valence-electron chi connectivity index (χ4n) is 2.89. The van der Waals surface area contributed by atoms with Crippen LogP contribution in [0.5, 0.6) is 0 Å². The number of amides is 2. The molecular formula is C17H26N4O2. The van der Waals surface area contributed by atoms with Crippen molar-refractivity contribution in [1.29, 1.82) is 0 Å². The van der Waals surface area contributed by atoms with Gasteiger partial charge in [0.05, 0.1) is 0 Å². The number of hydrogen-bond acceptors (Lipinski definition) is 4. The number of aryl methyl sites for hydroxylation is 1. The number of rotatable bonds is 5. The third kappa shape index (κ3) is 4.28. The number of carbonyl (C=O) groups excluding carboxylic acids is 2. The first kappa shape index (κ1) is 17.4. The average molecular weight is 318 g/mol. The summed E-state index contributed by atoms with van der Waals surface area (Å²) in [6.45, 7) is 6.28. The van der Waals surface area contributed by atoms with Crippen molar-refractivity contribution in [3.8, 4) is 0 Å². The minimum Gasteiger partial charge on any atom is -0.352 e. The third-order valence-electron chi connectivity index (χ3n) is 3.90. The van der Waals surface area contributed by atoms with Crippen molar-refractivity contribution in [2.75, 3.05) is 6.54 Å². The minimum absolute atomic E-state index is 0.0355. The molecule has 6 heteroatoms. The van der Waals surface area contributed by atoms with E-state index in [4.69, 9.17) is 5.73 Å². The van der Waals surface area contributed by atoms with E-state index in [1.165, 1.54) is 0 Å². The Morgan fingerprint density at radius 3 is 2.87 bits per heavy atom. The van der Waals surface area contributed by atoms with Crippen molar-refractivity contribution in [3.63, 3.8) is 0 Å². The highest BCUT2D eigenvalue weighted by Crippen LogP contribution is 2.20. The molecule has 2 heterocycles. The Balaban J connectivity index is 2.18. The summed E-state index contributed by atoms with van der Waals surface area (Å²) in [5, 5.41) is 2.87. The van der Waals surface area contributed by atoms with Crippen LogP contribution in [0.3, 0.4) is 0 Å². The first-order chi connectivity index (χ1) is 10.9. The van der Waals surface area contributed by atoms with Gasteiger partial charge in [-0.1, -0.05) is 13.3 Å². The zero-order valence-electron chi connectivity index (χ0n) is 14.1. The summed E-state index contributed by atoms with van der Waals surface area (Å²) in [5.74, 6) is -0.286. The Bertz CT molecular complexity index is 573. The van der Waals surface area contributed by atoms with E-state index >= 15 is 0 Å². The molecule has 0 spiro atoms. The lowest BCUT2D eigenvalue weighted by atomic mass is 10.1. The quantitative estimate of drug-likeness (QED) is 0.851. The zero-order valence-corrected chi connectivity index (χ0v) is 14.1. The molecule has 0 radical (unpaired) electrons. The van der Waals surface area contributed by atoms with Crippen molar-refractivity contribution < 1.29 is 9.59 Å². The highest BCUT2D eigenvalue weighted by Gasteiger charge is 2.38. The van der Waals surface area contributed by atoms with E-state index in [1.54, 1.807) is 17.2 Å². The van der Waals surface area contributed by atoms with Gasteiger partial charge in [-0.2, -0.15) is 0 Å². The van der Waals surface area contributed by atoms with Crippen LogP contribution in [0, 0.1) is 0 Å². The molecule has 1 saturated heterocycles. The molecule has 1 fully saturated rings. The van der Waals surface area contributed by atoms with Crippen LogP contribution in [0.1, 0.15) is 49.7 Å². The standard InChI is InChI=1S/C17H26N4O2/c1-4-5-14-8-12(6-7-19-14)17(23)21-10-13(18)9-15(21)16(22)20-11(2)3/h6-8,11,13,15H,4-5,9-10,18H2,1-3H3,(H,20,22)/t13-,15-/m0/s1. The van der Waals surface area contributed by atoms with Crippen LogP contribution in [-0.2, 0) is 11.2 Å². The topological polar surface area (TPSA) is 88.3 Å². The van der Waals surface area contributed by atoms with E-state index in [0.29, 0.717) is 18.5 Å². The summed E-state index contributed by atoms with van der Waals surface area (Å²) >= 11 is 0. The summed E-state index contributed by atoms with van der Waals surface area (Å²) < 4.78 is 0. The normalized spacial score (nSPS) is 20.8. The van der Waals surface area contributed by atoms with E-state index in [2.05, 4.69) is 17.2 Å². The smallest absolute Gasteiger partial charge is 0.254 e.